The summed E-state index contributed by atoms with van der Waals surface area (Å²) < 4.78 is 32.8. The first kappa shape index (κ1) is 19.4. The maximum absolute atomic E-state index is 12.2. The molecule has 8 heteroatoms. The number of hydrogen-bond acceptors (Lipinski definition) is 4. The van der Waals surface area contributed by atoms with Gasteiger partial charge < -0.3 is 10.1 Å². The van der Waals surface area contributed by atoms with Crippen LogP contribution in [0.15, 0.2) is 57.9 Å². The fraction of sp³-hybridized carbons (Fsp3) is 0.235. The van der Waals surface area contributed by atoms with Gasteiger partial charge in [0.25, 0.3) is 5.91 Å². The lowest BCUT2D eigenvalue weighted by Gasteiger charge is -2.09. The molecule has 2 rings (SSSR count). The van der Waals surface area contributed by atoms with Gasteiger partial charge in [0.2, 0.25) is 10.0 Å². The van der Waals surface area contributed by atoms with Crippen molar-refractivity contribution in [3.05, 3.63) is 58.6 Å². The number of rotatable bonds is 8. The third-order valence-electron chi connectivity index (χ3n) is 3.27. The van der Waals surface area contributed by atoms with Gasteiger partial charge in [0.15, 0.2) is 0 Å². The first-order valence-electron chi connectivity index (χ1n) is 7.69. The van der Waals surface area contributed by atoms with Gasteiger partial charge in [-0.05, 0) is 59.3 Å². The topological polar surface area (TPSA) is 84.5 Å². The molecule has 0 saturated heterocycles. The largest absolute Gasteiger partial charge is 0.494 e. The Balaban J connectivity index is 1.86. The highest BCUT2D eigenvalue weighted by Crippen LogP contribution is 2.16. The average molecular weight is 427 g/mol. The summed E-state index contributed by atoms with van der Waals surface area (Å²) in [6.45, 7) is 2.64. The van der Waals surface area contributed by atoms with Crippen LogP contribution in [0.4, 0.5) is 0 Å². The van der Waals surface area contributed by atoms with E-state index in [4.69, 9.17) is 4.74 Å². The zero-order chi connectivity index (χ0) is 18.3. The molecule has 6 nitrogen and oxygen atoms in total. The number of ether oxygens (including phenoxy) is 1. The van der Waals surface area contributed by atoms with Crippen LogP contribution in [0.25, 0.3) is 0 Å². The van der Waals surface area contributed by atoms with E-state index < -0.39 is 10.0 Å². The highest BCUT2D eigenvalue weighted by atomic mass is 79.9. The zero-order valence-corrected chi connectivity index (χ0v) is 16.1. The summed E-state index contributed by atoms with van der Waals surface area (Å²) in [5, 5.41) is 2.67. The van der Waals surface area contributed by atoms with Crippen molar-refractivity contribution in [3.63, 3.8) is 0 Å². The zero-order valence-electron chi connectivity index (χ0n) is 13.7. The van der Waals surface area contributed by atoms with E-state index in [1.54, 1.807) is 30.3 Å². The predicted octanol–water partition coefficient (Wildman–Crippen LogP) is 2.56. The van der Waals surface area contributed by atoms with Crippen LogP contribution in [0, 0.1) is 0 Å². The molecule has 0 aliphatic heterocycles. The summed E-state index contributed by atoms with van der Waals surface area (Å²) in [4.78, 5) is 12.2. The molecule has 0 aliphatic rings. The van der Waals surface area contributed by atoms with Gasteiger partial charge in [0.1, 0.15) is 5.75 Å². The fourth-order valence-electron chi connectivity index (χ4n) is 2.07. The standard InChI is InChI=1S/C17H19BrN2O4S/c1-2-24-13-7-9-14(10-8-13)25(22,23)20-12-11-19-17(21)15-5-3-4-6-16(15)18/h3-10,20H,2,11-12H2,1H3,(H,19,21). The number of carbonyl (C=O) groups excluding carboxylic acids is 1. The van der Waals surface area contributed by atoms with E-state index in [0.717, 1.165) is 0 Å². The first-order chi connectivity index (χ1) is 11.9. The lowest BCUT2D eigenvalue weighted by atomic mass is 10.2. The Hall–Kier alpha value is -1.90. The van der Waals surface area contributed by atoms with E-state index in [-0.39, 0.29) is 23.9 Å². The molecule has 0 aromatic heterocycles. The van der Waals surface area contributed by atoms with Crippen molar-refractivity contribution < 1.29 is 17.9 Å². The van der Waals surface area contributed by atoms with E-state index in [0.29, 0.717) is 22.4 Å². The number of halogens is 1. The lowest BCUT2D eigenvalue weighted by Crippen LogP contribution is -2.34. The molecule has 1 amide bonds. The fourth-order valence-corrected chi connectivity index (χ4v) is 3.56. The Morgan fingerprint density at radius 1 is 1.08 bits per heavy atom. The number of nitrogens with one attached hydrogen (secondary N) is 2. The third kappa shape index (κ3) is 5.55. The highest BCUT2D eigenvalue weighted by molar-refractivity contribution is 9.10. The maximum Gasteiger partial charge on any atom is 0.252 e. The number of benzene rings is 2. The quantitative estimate of drug-likeness (QED) is 0.635. The van der Waals surface area contributed by atoms with Crippen molar-refractivity contribution in [2.75, 3.05) is 19.7 Å². The van der Waals surface area contributed by atoms with E-state index >= 15 is 0 Å². The van der Waals surface area contributed by atoms with Gasteiger partial charge in [-0.2, -0.15) is 0 Å². The number of amides is 1. The Labute approximate surface area is 155 Å². The molecule has 0 bridgehead atoms. The van der Waals surface area contributed by atoms with Crippen LogP contribution in [-0.4, -0.2) is 34.0 Å². The SMILES string of the molecule is CCOc1ccc(S(=O)(=O)NCCNC(=O)c2ccccc2Br)cc1. The predicted molar refractivity (Wildman–Crippen MR) is 99.3 cm³/mol. The van der Waals surface area contributed by atoms with E-state index in [2.05, 4.69) is 26.0 Å². The Morgan fingerprint density at radius 3 is 2.40 bits per heavy atom. The monoisotopic (exact) mass is 426 g/mol. The molecule has 0 radical (unpaired) electrons. The molecular weight excluding hydrogens is 408 g/mol. The van der Waals surface area contributed by atoms with Crippen LogP contribution in [0.2, 0.25) is 0 Å². The average Bonchev–Trinajstić information content (AvgIpc) is 2.60. The van der Waals surface area contributed by atoms with E-state index in [1.165, 1.54) is 12.1 Å². The summed E-state index contributed by atoms with van der Waals surface area (Å²) in [7, 11) is -3.63. The summed E-state index contributed by atoms with van der Waals surface area (Å²) in [6, 6.07) is 13.2. The molecule has 0 atom stereocenters. The minimum atomic E-state index is -3.63. The normalized spacial score (nSPS) is 11.1. The van der Waals surface area contributed by atoms with Crippen molar-refractivity contribution in [1.82, 2.24) is 10.0 Å². The number of hydrogen-bond donors (Lipinski definition) is 2. The van der Waals surface area contributed by atoms with Crippen LogP contribution in [-0.2, 0) is 10.0 Å². The molecule has 0 aliphatic carbocycles. The second-order valence-corrected chi connectivity index (χ2v) is 7.66. The van der Waals surface area contributed by atoms with E-state index in [9.17, 15) is 13.2 Å². The van der Waals surface area contributed by atoms with Gasteiger partial charge in [0, 0.05) is 17.6 Å². The smallest absolute Gasteiger partial charge is 0.252 e. The molecule has 2 aromatic rings. The molecule has 134 valence electrons. The first-order valence-corrected chi connectivity index (χ1v) is 9.97. The van der Waals surface area contributed by atoms with Crippen molar-refractivity contribution >= 4 is 31.9 Å². The number of sulfonamides is 1. The minimum absolute atomic E-state index is 0.0890. The Morgan fingerprint density at radius 2 is 1.76 bits per heavy atom. The Kier molecular flexibility index (Phi) is 6.98. The third-order valence-corrected chi connectivity index (χ3v) is 5.43. The van der Waals surface area contributed by atoms with Crippen LogP contribution in [0.1, 0.15) is 17.3 Å². The molecule has 0 spiro atoms. The van der Waals surface area contributed by atoms with Gasteiger partial charge in [0.05, 0.1) is 17.1 Å². The van der Waals surface area contributed by atoms with Gasteiger partial charge in [-0.25, -0.2) is 13.1 Å². The van der Waals surface area contributed by atoms with Gasteiger partial charge in [-0.15, -0.1) is 0 Å². The lowest BCUT2D eigenvalue weighted by molar-refractivity contribution is 0.0953. The highest BCUT2D eigenvalue weighted by Gasteiger charge is 2.14. The summed E-state index contributed by atoms with van der Waals surface area (Å²) in [6.07, 6.45) is 0. The van der Waals surface area contributed by atoms with Crippen molar-refractivity contribution in [3.8, 4) is 5.75 Å². The molecule has 25 heavy (non-hydrogen) atoms. The second kappa shape index (κ2) is 8.98. The number of carbonyl (C=O) groups is 1. The van der Waals surface area contributed by atoms with Gasteiger partial charge in [-0.1, -0.05) is 12.1 Å². The summed E-state index contributed by atoms with van der Waals surface area (Å²) in [5.41, 5.74) is 0.497. The summed E-state index contributed by atoms with van der Waals surface area (Å²) >= 11 is 3.30. The molecule has 0 fully saturated rings. The van der Waals surface area contributed by atoms with Gasteiger partial charge >= 0.3 is 0 Å². The van der Waals surface area contributed by atoms with Crippen molar-refractivity contribution in [2.45, 2.75) is 11.8 Å². The van der Waals surface area contributed by atoms with Crippen LogP contribution < -0.4 is 14.8 Å². The molecule has 2 aromatic carbocycles. The Bertz CT molecular complexity index is 823. The van der Waals surface area contributed by atoms with E-state index in [1.807, 2.05) is 13.0 Å². The molecule has 2 N–H and O–H groups in total. The summed E-state index contributed by atoms with van der Waals surface area (Å²) in [5.74, 6) is 0.342. The molecule has 0 heterocycles. The molecule has 0 saturated carbocycles. The second-order valence-electron chi connectivity index (χ2n) is 5.04. The van der Waals surface area contributed by atoms with Crippen molar-refractivity contribution in [2.24, 2.45) is 0 Å². The maximum atomic E-state index is 12.2. The molecule has 0 unspecified atom stereocenters. The van der Waals surface area contributed by atoms with Crippen LogP contribution in [0.5, 0.6) is 5.75 Å². The minimum Gasteiger partial charge on any atom is -0.494 e. The van der Waals surface area contributed by atoms with Gasteiger partial charge in [-0.3, -0.25) is 4.79 Å². The van der Waals surface area contributed by atoms with Crippen molar-refractivity contribution in [1.29, 1.82) is 0 Å². The molecular formula is C17H19BrN2O4S. The van der Waals surface area contributed by atoms with Crippen LogP contribution >= 0.6 is 15.9 Å². The van der Waals surface area contributed by atoms with Crippen LogP contribution in [0.3, 0.4) is 0 Å².